The molecular weight excluding hydrogens is 769 g/mol. The molecule has 5 heterocycles. The lowest BCUT2D eigenvalue weighted by Crippen LogP contribution is -2.13. The minimum Gasteiger partial charge on any atom is -0.454 e. The van der Waals surface area contributed by atoms with Crippen LogP contribution in [0.5, 0.6) is 0 Å². The van der Waals surface area contributed by atoms with Crippen molar-refractivity contribution in [1.82, 2.24) is 19.6 Å². The summed E-state index contributed by atoms with van der Waals surface area (Å²) in [6, 6.07) is 29.4. The number of halogens is 5. The van der Waals surface area contributed by atoms with Crippen LogP contribution in [0.25, 0.3) is 43.1 Å². The third kappa shape index (κ3) is 7.69. The first-order valence-corrected chi connectivity index (χ1v) is 18.1. The molecule has 0 N–H and O–H groups in total. The summed E-state index contributed by atoms with van der Waals surface area (Å²) in [5.41, 5.74) is 2.09. The molecule has 0 bridgehead atoms. The van der Waals surface area contributed by atoms with Crippen LogP contribution in [0, 0.1) is 11.6 Å². The predicted molar refractivity (Wildman–Crippen MR) is 202 cm³/mol. The minimum absolute atomic E-state index is 0.121. The number of rotatable bonds is 6. The Morgan fingerprint density at radius 2 is 1.35 bits per heavy atom. The van der Waals surface area contributed by atoms with Gasteiger partial charge in [0, 0.05) is 43.8 Å². The highest BCUT2D eigenvalue weighted by Crippen LogP contribution is 2.36. The molecule has 0 saturated carbocycles. The molecule has 8 rings (SSSR count). The van der Waals surface area contributed by atoms with Gasteiger partial charge in [0.2, 0.25) is 0 Å². The van der Waals surface area contributed by atoms with Gasteiger partial charge in [-0.15, -0.1) is 22.7 Å². The number of nitrogens with zero attached hydrogens (tertiary/aromatic N) is 4. The molecule has 0 saturated heterocycles. The van der Waals surface area contributed by atoms with E-state index in [9.17, 15) is 18.4 Å². The first-order valence-electron chi connectivity index (χ1n) is 15.2. The van der Waals surface area contributed by atoms with Crippen molar-refractivity contribution in [2.75, 3.05) is 0 Å². The van der Waals surface area contributed by atoms with Crippen LogP contribution in [0.15, 0.2) is 131 Å². The van der Waals surface area contributed by atoms with Crippen LogP contribution < -0.4 is 0 Å². The summed E-state index contributed by atoms with van der Waals surface area (Å²) < 4.78 is 35.1. The van der Waals surface area contributed by atoms with E-state index in [2.05, 4.69) is 27.7 Å². The zero-order valence-electron chi connectivity index (χ0n) is 26.3. The SMILES string of the molecule is O=C(c1ccc(Cl)cc1)n1ccc(-c2ccc(-c3cccs3)s2)n1.O=C(c1ccc(Cl)cc1Cl)n1ccc(-c2ccc(-c3ccc(F)cc3F)o2)n1. The van der Waals surface area contributed by atoms with Gasteiger partial charge in [0.05, 0.1) is 21.0 Å². The van der Waals surface area contributed by atoms with E-state index >= 15 is 0 Å². The minimum atomic E-state index is -0.737. The topological polar surface area (TPSA) is 82.9 Å². The van der Waals surface area contributed by atoms with Crippen molar-refractivity contribution < 1.29 is 22.8 Å². The number of furan rings is 1. The summed E-state index contributed by atoms with van der Waals surface area (Å²) in [7, 11) is 0. The predicted octanol–water partition coefficient (Wildman–Crippen LogP) is 11.8. The molecule has 7 nitrogen and oxygen atoms in total. The van der Waals surface area contributed by atoms with Crippen molar-refractivity contribution in [2.45, 2.75) is 0 Å². The number of hydrogen-bond acceptors (Lipinski definition) is 7. The van der Waals surface area contributed by atoms with Crippen molar-refractivity contribution in [3.63, 3.8) is 0 Å². The summed E-state index contributed by atoms with van der Waals surface area (Å²) in [6.07, 6.45) is 3.15. The Labute approximate surface area is 317 Å². The third-order valence-corrected chi connectivity index (χ3v) is 10.5. The van der Waals surface area contributed by atoms with Gasteiger partial charge < -0.3 is 4.42 Å². The van der Waals surface area contributed by atoms with E-state index < -0.39 is 17.5 Å². The van der Waals surface area contributed by atoms with Crippen LogP contribution in [-0.2, 0) is 0 Å². The van der Waals surface area contributed by atoms with Gasteiger partial charge in [-0.2, -0.15) is 10.2 Å². The van der Waals surface area contributed by atoms with Crippen molar-refractivity contribution in [3.05, 3.63) is 165 Å². The molecule has 0 amide bonds. The van der Waals surface area contributed by atoms with Crippen molar-refractivity contribution in [3.8, 4) is 43.1 Å². The van der Waals surface area contributed by atoms with Gasteiger partial charge in [-0.1, -0.05) is 40.9 Å². The molecule has 52 heavy (non-hydrogen) atoms. The molecular formula is C38H21Cl3F2N4O3S2. The van der Waals surface area contributed by atoms with E-state index in [4.69, 9.17) is 39.2 Å². The fraction of sp³-hybridized carbons (Fsp3) is 0. The molecule has 0 unspecified atom stereocenters. The number of benzene rings is 3. The van der Waals surface area contributed by atoms with Gasteiger partial charge in [-0.25, -0.2) is 18.1 Å². The van der Waals surface area contributed by atoms with Gasteiger partial charge in [0.15, 0.2) is 5.76 Å². The highest BCUT2D eigenvalue weighted by Gasteiger charge is 2.18. The molecule has 0 radical (unpaired) electrons. The molecule has 258 valence electrons. The highest BCUT2D eigenvalue weighted by molar-refractivity contribution is 7.23. The Balaban J connectivity index is 0.000000164. The zero-order chi connectivity index (χ0) is 36.4. The Morgan fingerprint density at radius 3 is 2.08 bits per heavy atom. The third-order valence-electron chi connectivity index (χ3n) is 7.52. The summed E-state index contributed by atoms with van der Waals surface area (Å²) >= 11 is 21.2. The van der Waals surface area contributed by atoms with E-state index in [0.29, 0.717) is 27.1 Å². The number of aromatic nitrogens is 4. The Hall–Kier alpha value is -5.17. The summed E-state index contributed by atoms with van der Waals surface area (Å²) in [4.78, 5) is 28.5. The fourth-order valence-corrected chi connectivity index (χ4v) is 7.41. The number of carbonyl (C=O) groups excluding carboxylic acids is 2. The number of carbonyl (C=O) groups is 2. The molecule has 0 fully saturated rings. The van der Waals surface area contributed by atoms with Crippen LogP contribution in [0.1, 0.15) is 20.7 Å². The quantitative estimate of drug-likeness (QED) is 0.167. The van der Waals surface area contributed by atoms with E-state index in [0.717, 1.165) is 27.4 Å². The lowest BCUT2D eigenvalue weighted by molar-refractivity contribution is 0.0937. The molecule has 14 heteroatoms. The van der Waals surface area contributed by atoms with E-state index in [1.807, 2.05) is 18.2 Å². The van der Waals surface area contributed by atoms with Gasteiger partial charge in [-0.3, -0.25) is 9.59 Å². The van der Waals surface area contributed by atoms with Gasteiger partial charge in [-0.05, 0) is 102 Å². The largest absolute Gasteiger partial charge is 0.454 e. The smallest absolute Gasteiger partial charge is 0.279 e. The monoisotopic (exact) mass is 788 g/mol. The van der Waals surface area contributed by atoms with Crippen LogP contribution in [0.2, 0.25) is 15.1 Å². The second kappa shape index (κ2) is 15.2. The van der Waals surface area contributed by atoms with E-state index in [1.54, 1.807) is 77.4 Å². The maximum atomic E-state index is 13.9. The van der Waals surface area contributed by atoms with Crippen LogP contribution in [0.4, 0.5) is 8.78 Å². The molecule has 0 aliphatic carbocycles. The molecule has 0 aliphatic heterocycles. The van der Waals surface area contributed by atoms with Crippen LogP contribution in [0.3, 0.4) is 0 Å². The van der Waals surface area contributed by atoms with Crippen molar-refractivity contribution in [1.29, 1.82) is 0 Å². The Kier molecular flexibility index (Phi) is 10.3. The Morgan fingerprint density at radius 1 is 0.654 bits per heavy atom. The highest BCUT2D eigenvalue weighted by atomic mass is 35.5. The molecule has 0 atom stereocenters. The standard InChI is InChI=1S/C20H10Cl2F2N2O2.C18H11ClN2OS2/c21-11-1-3-13(15(22)9-11)20(27)26-8-7-17(25-26)19-6-5-18(28-19)14-4-2-12(23)10-16(14)24;19-13-5-3-12(4-6-13)18(22)21-10-9-14(20-21)15-7-8-17(24-15)16-2-1-11-23-16/h1-10H;1-11H. The fourth-order valence-electron chi connectivity index (χ4n) is 4.98. The van der Waals surface area contributed by atoms with Crippen LogP contribution in [-0.4, -0.2) is 31.4 Å². The molecule has 0 aliphatic rings. The van der Waals surface area contributed by atoms with Gasteiger partial charge in [0.1, 0.15) is 28.8 Å². The van der Waals surface area contributed by atoms with Gasteiger partial charge in [0.25, 0.3) is 11.8 Å². The number of thiophene rings is 2. The lowest BCUT2D eigenvalue weighted by Gasteiger charge is -2.03. The summed E-state index contributed by atoms with van der Waals surface area (Å²) in [6.45, 7) is 0. The van der Waals surface area contributed by atoms with E-state index in [-0.39, 0.29) is 27.8 Å². The molecule has 3 aromatic carbocycles. The number of hydrogen-bond donors (Lipinski definition) is 0. The molecule has 5 aromatic heterocycles. The Bertz CT molecular complexity index is 2540. The summed E-state index contributed by atoms with van der Waals surface area (Å²) in [5.74, 6) is -1.48. The first kappa shape index (κ1) is 35.2. The normalized spacial score (nSPS) is 10.9. The van der Waals surface area contributed by atoms with Crippen molar-refractivity contribution >= 4 is 69.3 Å². The average molecular weight is 790 g/mol. The second-order valence-corrected chi connectivity index (χ2v) is 14.3. The van der Waals surface area contributed by atoms with E-state index in [1.165, 1.54) is 38.8 Å². The maximum Gasteiger partial charge on any atom is 0.279 e. The molecule has 8 aromatic rings. The summed E-state index contributed by atoms with van der Waals surface area (Å²) in [5, 5.41) is 11.9. The van der Waals surface area contributed by atoms with Gasteiger partial charge >= 0.3 is 0 Å². The van der Waals surface area contributed by atoms with Crippen LogP contribution >= 0.6 is 57.5 Å². The molecule has 0 spiro atoms. The second-order valence-electron chi connectivity index (χ2n) is 11.0. The zero-order valence-corrected chi connectivity index (χ0v) is 30.2. The maximum absolute atomic E-state index is 13.9. The average Bonchev–Trinajstić information content (AvgIpc) is 3.98. The lowest BCUT2D eigenvalue weighted by atomic mass is 10.1. The first-order chi connectivity index (χ1) is 25.1. The van der Waals surface area contributed by atoms with Crippen molar-refractivity contribution in [2.24, 2.45) is 0 Å².